The van der Waals surface area contributed by atoms with Crippen LogP contribution in [0, 0.1) is 0 Å². The number of rotatable bonds is 5. The molecule has 4 heteroatoms. The van der Waals surface area contributed by atoms with Crippen molar-refractivity contribution in [2.75, 3.05) is 20.2 Å². The maximum absolute atomic E-state index is 12.1. The number of ether oxygens (including phenoxy) is 1. The van der Waals surface area contributed by atoms with E-state index in [1.807, 2.05) is 0 Å². The fourth-order valence-corrected chi connectivity index (χ4v) is 3.23. The molecule has 0 bridgehead atoms. The summed E-state index contributed by atoms with van der Waals surface area (Å²) in [5.41, 5.74) is -0.633. The van der Waals surface area contributed by atoms with Gasteiger partial charge in [0.2, 0.25) is 5.91 Å². The quantitative estimate of drug-likeness (QED) is 0.831. The van der Waals surface area contributed by atoms with E-state index in [4.69, 9.17) is 4.74 Å². The third-order valence-electron chi connectivity index (χ3n) is 4.45. The van der Waals surface area contributed by atoms with E-state index in [0.29, 0.717) is 13.0 Å². The zero-order chi connectivity index (χ0) is 13.7. The molecule has 0 aromatic carbocycles. The number of aliphatic hydroxyl groups is 1. The lowest BCUT2D eigenvalue weighted by atomic mass is 10.0. The van der Waals surface area contributed by atoms with Crippen LogP contribution in [0.4, 0.5) is 0 Å². The molecular formula is C15H27NO3. The molecule has 19 heavy (non-hydrogen) atoms. The summed E-state index contributed by atoms with van der Waals surface area (Å²) in [6.45, 7) is 1.33. The molecule has 1 amide bonds. The third kappa shape index (κ3) is 4.46. The van der Waals surface area contributed by atoms with Gasteiger partial charge in [0.1, 0.15) is 0 Å². The molecule has 2 fully saturated rings. The standard InChI is InChI=1S/C15H27NO3/c1-16(12-15(18)9-3-4-10-15)14(17)8-7-13-6-2-5-11-19-13/h13,18H,2-12H2,1H3. The van der Waals surface area contributed by atoms with Gasteiger partial charge < -0.3 is 14.7 Å². The van der Waals surface area contributed by atoms with Crippen molar-refractivity contribution in [3.8, 4) is 0 Å². The smallest absolute Gasteiger partial charge is 0.222 e. The van der Waals surface area contributed by atoms with Crippen LogP contribution in [0.25, 0.3) is 0 Å². The van der Waals surface area contributed by atoms with Crippen LogP contribution in [0.1, 0.15) is 57.8 Å². The van der Waals surface area contributed by atoms with Gasteiger partial charge in [0, 0.05) is 26.6 Å². The molecule has 1 saturated heterocycles. The lowest BCUT2D eigenvalue weighted by Crippen LogP contribution is -2.42. The van der Waals surface area contributed by atoms with Crippen LogP contribution in [0.5, 0.6) is 0 Å². The summed E-state index contributed by atoms with van der Waals surface area (Å²) in [7, 11) is 1.81. The van der Waals surface area contributed by atoms with Gasteiger partial charge in [-0.05, 0) is 38.5 Å². The lowest BCUT2D eigenvalue weighted by Gasteiger charge is -2.29. The predicted molar refractivity (Wildman–Crippen MR) is 73.9 cm³/mol. The van der Waals surface area contributed by atoms with Gasteiger partial charge in [0.25, 0.3) is 0 Å². The van der Waals surface area contributed by atoms with E-state index in [2.05, 4.69) is 0 Å². The Morgan fingerprint density at radius 1 is 1.32 bits per heavy atom. The van der Waals surface area contributed by atoms with Crippen molar-refractivity contribution >= 4 is 5.91 Å². The Morgan fingerprint density at radius 2 is 2.05 bits per heavy atom. The van der Waals surface area contributed by atoms with E-state index in [1.54, 1.807) is 11.9 Å². The molecule has 0 radical (unpaired) electrons. The molecule has 1 unspecified atom stereocenters. The fraction of sp³-hybridized carbons (Fsp3) is 0.933. The second kappa shape index (κ2) is 6.71. The number of nitrogens with zero attached hydrogens (tertiary/aromatic N) is 1. The summed E-state index contributed by atoms with van der Waals surface area (Å²) in [6, 6.07) is 0. The molecule has 2 aliphatic rings. The first-order valence-corrected chi connectivity index (χ1v) is 7.67. The molecule has 110 valence electrons. The van der Waals surface area contributed by atoms with E-state index in [1.165, 1.54) is 6.42 Å². The molecule has 1 aliphatic heterocycles. The van der Waals surface area contributed by atoms with Crippen LogP contribution in [-0.2, 0) is 9.53 Å². The van der Waals surface area contributed by atoms with Gasteiger partial charge in [-0.15, -0.1) is 0 Å². The first kappa shape index (κ1) is 14.8. The Balaban J connectivity index is 1.69. The third-order valence-corrected chi connectivity index (χ3v) is 4.45. The molecular weight excluding hydrogens is 242 g/mol. The highest BCUT2D eigenvalue weighted by Crippen LogP contribution is 2.30. The molecule has 1 saturated carbocycles. The van der Waals surface area contributed by atoms with E-state index < -0.39 is 5.60 Å². The maximum atomic E-state index is 12.1. The molecule has 1 heterocycles. The highest BCUT2D eigenvalue weighted by atomic mass is 16.5. The highest BCUT2D eigenvalue weighted by molar-refractivity contribution is 5.75. The average Bonchev–Trinajstić information content (AvgIpc) is 2.83. The largest absolute Gasteiger partial charge is 0.388 e. The van der Waals surface area contributed by atoms with Gasteiger partial charge in [0.15, 0.2) is 0 Å². The van der Waals surface area contributed by atoms with E-state index in [-0.39, 0.29) is 12.0 Å². The fourth-order valence-electron chi connectivity index (χ4n) is 3.23. The second-order valence-corrected chi connectivity index (χ2v) is 6.21. The molecule has 0 spiro atoms. The number of hydrogen-bond acceptors (Lipinski definition) is 3. The Bertz CT molecular complexity index is 294. The van der Waals surface area contributed by atoms with Crippen molar-refractivity contribution in [1.82, 2.24) is 4.90 Å². The van der Waals surface area contributed by atoms with Gasteiger partial charge in [-0.2, -0.15) is 0 Å². The second-order valence-electron chi connectivity index (χ2n) is 6.21. The van der Waals surface area contributed by atoms with Crippen LogP contribution in [-0.4, -0.2) is 47.8 Å². The topological polar surface area (TPSA) is 49.8 Å². The van der Waals surface area contributed by atoms with Gasteiger partial charge in [-0.1, -0.05) is 12.8 Å². The monoisotopic (exact) mass is 269 g/mol. The Hall–Kier alpha value is -0.610. The van der Waals surface area contributed by atoms with E-state index in [0.717, 1.165) is 51.6 Å². The molecule has 2 rings (SSSR count). The van der Waals surface area contributed by atoms with Crippen molar-refractivity contribution in [1.29, 1.82) is 0 Å². The number of hydrogen-bond donors (Lipinski definition) is 1. The molecule has 4 nitrogen and oxygen atoms in total. The van der Waals surface area contributed by atoms with Crippen LogP contribution < -0.4 is 0 Å². The molecule has 1 aliphatic carbocycles. The SMILES string of the molecule is CN(CC1(O)CCCC1)C(=O)CCC1CCCCO1. The Morgan fingerprint density at radius 3 is 2.68 bits per heavy atom. The van der Waals surface area contributed by atoms with Gasteiger partial charge in [-0.3, -0.25) is 4.79 Å². The lowest BCUT2D eigenvalue weighted by molar-refractivity contribution is -0.134. The van der Waals surface area contributed by atoms with E-state index >= 15 is 0 Å². The minimum Gasteiger partial charge on any atom is -0.388 e. The Kier molecular flexibility index (Phi) is 5.22. The number of carbonyl (C=O) groups excluding carboxylic acids is 1. The van der Waals surface area contributed by atoms with Crippen LogP contribution in [0.15, 0.2) is 0 Å². The summed E-state index contributed by atoms with van der Waals surface area (Å²) in [5, 5.41) is 10.3. The summed E-state index contributed by atoms with van der Waals surface area (Å²) in [5.74, 6) is 0.134. The minimum atomic E-state index is -0.633. The highest BCUT2D eigenvalue weighted by Gasteiger charge is 2.33. The zero-order valence-electron chi connectivity index (χ0n) is 12.1. The van der Waals surface area contributed by atoms with Gasteiger partial charge in [0.05, 0.1) is 11.7 Å². The van der Waals surface area contributed by atoms with E-state index in [9.17, 15) is 9.90 Å². The molecule has 0 aromatic rings. The van der Waals surface area contributed by atoms with Crippen molar-refractivity contribution in [2.24, 2.45) is 0 Å². The van der Waals surface area contributed by atoms with Crippen LogP contribution >= 0.6 is 0 Å². The first-order chi connectivity index (χ1) is 9.09. The predicted octanol–water partition coefficient (Wildman–Crippen LogP) is 2.10. The molecule has 1 N–H and O–H groups in total. The van der Waals surface area contributed by atoms with Gasteiger partial charge >= 0.3 is 0 Å². The molecule has 0 aromatic heterocycles. The first-order valence-electron chi connectivity index (χ1n) is 7.67. The number of carbonyl (C=O) groups is 1. The maximum Gasteiger partial charge on any atom is 0.222 e. The van der Waals surface area contributed by atoms with Crippen molar-refractivity contribution in [3.05, 3.63) is 0 Å². The molecule has 1 atom stereocenters. The summed E-state index contributed by atoms with van der Waals surface area (Å²) in [4.78, 5) is 13.8. The van der Waals surface area contributed by atoms with Gasteiger partial charge in [-0.25, -0.2) is 0 Å². The normalized spacial score (nSPS) is 26.3. The van der Waals surface area contributed by atoms with Crippen molar-refractivity contribution in [3.63, 3.8) is 0 Å². The Labute approximate surface area is 116 Å². The van der Waals surface area contributed by atoms with Crippen LogP contribution in [0.3, 0.4) is 0 Å². The zero-order valence-corrected chi connectivity index (χ0v) is 12.1. The van der Waals surface area contributed by atoms with Crippen molar-refractivity contribution < 1.29 is 14.6 Å². The summed E-state index contributed by atoms with van der Waals surface area (Å²) in [6.07, 6.45) is 8.89. The van der Waals surface area contributed by atoms with Crippen LogP contribution in [0.2, 0.25) is 0 Å². The number of likely N-dealkylation sites (N-methyl/N-ethyl adjacent to an activating group) is 1. The summed E-state index contributed by atoms with van der Waals surface area (Å²) >= 11 is 0. The average molecular weight is 269 g/mol. The minimum absolute atomic E-state index is 0.134. The summed E-state index contributed by atoms with van der Waals surface area (Å²) < 4.78 is 5.64. The number of amides is 1. The van der Waals surface area contributed by atoms with Crippen molar-refractivity contribution in [2.45, 2.75) is 69.5 Å².